The minimum absolute atomic E-state index is 0.416. The van der Waals surface area contributed by atoms with Crippen LogP contribution in [-0.4, -0.2) is 22.7 Å². The van der Waals surface area contributed by atoms with Crippen LogP contribution in [0.15, 0.2) is 0 Å². The summed E-state index contributed by atoms with van der Waals surface area (Å²) in [4.78, 5) is 8.02. The van der Waals surface area contributed by atoms with Crippen LogP contribution in [0.2, 0.25) is 0 Å². The second kappa shape index (κ2) is 7.10. The molecule has 0 spiro atoms. The molecule has 18 heavy (non-hydrogen) atoms. The molecule has 2 atom stereocenters. The first-order valence-corrected chi connectivity index (χ1v) is 7.74. The van der Waals surface area contributed by atoms with Gasteiger partial charge in [0.25, 0.3) is 0 Å². The Kier molecular flexibility index (Phi) is 6.09. The Balaban J connectivity index is 2.94. The maximum Gasteiger partial charge on any atom is 0.186 e. The number of unbranched alkanes of at least 4 members (excludes halogenated alkanes) is 1. The summed E-state index contributed by atoms with van der Waals surface area (Å²) < 4.78 is 0. The van der Waals surface area contributed by atoms with Gasteiger partial charge in [-0.2, -0.15) is 0 Å². The number of aromatic nitrogens is 1. The highest BCUT2D eigenvalue weighted by Crippen LogP contribution is 2.32. The van der Waals surface area contributed by atoms with Crippen LogP contribution in [0.4, 0.5) is 5.13 Å². The van der Waals surface area contributed by atoms with Crippen molar-refractivity contribution in [3.05, 3.63) is 10.6 Å². The molecule has 104 valence electrons. The summed E-state index contributed by atoms with van der Waals surface area (Å²) in [6, 6.07) is 0.504. The van der Waals surface area contributed by atoms with Crippen LogP contribution >= 0.6 is 11.3 Å². The molecule has 1 N–H and O–H groups in total. The number of rotatable bonds is 7. The van der Waals surface area contributed by atoms with Gasteiger partial charge in [0.05, 0.1) is 16.7 Å². The summed E-state index contributed by atoms with van der Waals surface area (Å²) in [5, 5.41) is 10.8. The molecule has 0 aliphatic carbocycles. The highest BCUT2D eigenvalue weighted by Gasteiger charge is 2.19. The molecule has 2 unspecified atom stereocenters. The third kappa shape index (κ3) is 3.69. The molecule has 0 amide bonds. The van der Waals surface area contributed by atoms with E-state index in [1.165, 1.54) is 12.8 Å². The summed E-state index contributed by atoms with van der Waals surface area (Å²) in [5.41, 5.74) is 0.967. The van der Waals surface area contributed by atoms with Crippen molar-refractivity contribution < 1.29 is 5.11 Å². The van der Waals surface area contributed by atoms with Gasteiger partial charge in [0.1, 0.15) is 0 Å². The van der Waals surface area contributed by atoms with E-state index in [-0.39, 0.29) is 0 Å². The lowest BCUT2D eigenvalue weighted by Gasteiger charge is -2.28. The molecule has 4 heteroatoms. The largest absolute Gasteiger partial charge is 0.388 e. The average molecular weight is 270 g/mol. The highest BCUT2D eigenvalue weighted by atomic mass is 32.1. The molecule has 0 radical (unpaired) electrons. The number of thiazole rings is 1. The molecule has 1 heterocycles. The maximum atomic E-state index is 9.72. The van der Waals surface area contributed by atoms with Crippen molar-refractivity contribution in [2.75, 3.05) is 11.4 Å². The van der Waals surface area contributed by atoms with Crippen molar-refractivity contribution in [3.63, 3.8) is 0 Å². The van der Waals surface area contributed by atoms with Gasteiger partial charge < -0.3 is 10.0 Å². The third-order valence-corrected chi connectivity index (χ3v) is 4.69. The molecular formula is C14H26N2OS. The van der Waals surface area contributed by atoms with Crippen LogP contribution in [0.25, 0.3) is 0 Å². The molecule has 0 saturated heterocycles. The van der Waals surface area contributed by atoms with Crippen LogP contribution in [0, 0.1) is 6.92 Å². The second-order valence-electron chi connectivity index (χ2n) is 4.93. The molecule has 0 aromatic carbocycles. The van der Waals surface area contributed by atoms with Gasteiger partial charge in [0, 0.05) is 12.6 Å². The van der Waals surface area contributed by atoms with E-state index in [0.717, 1.165) is 28.7 Å². The molecule has 0 aliphatic heterocycles. The van der Waals surface area contributed by atoms with Gasteiger partial charge in [-0.15, -0.1) is 0 Å². The number of aliphatic hydroxyl groups excluding tert-OH is 1. The Morgan fingerprint density at radius 2 is 2.00 bits per heavy atom. The molecule has 0 saturated carbocycles. The zero-order chi connectivity index (χ0) is 13.7. The van der Waals surface area contributed by atoms with Crippen molar-refractivity contribution >= 4 is 16.5 Å². The number of aliphatic hydroxyl groups is 1. The van der Waals surface area contributed by atoms with Crippen LogP contribution in [0.5, 0.6) is 0 Å². The Morgan fingerprint density at radius 3 is 2.44 bits per heavy atom. The predicted molar refractivity (Wildman–Crippen MR) is 79.5 cm³/mol. The molecule has 1 aromatic rings. The second-order valence-corrected chi connectivity index (χ2v) is 5.94. The summed E-state index contributed by atoms with van der Waals surface area (Å²) in [5.74, 6) is 0. The average Bonchev–Trinajstić information content (AvgIpc) is 2.71. The Labute approximate surface area is 115 Å². The normalized spacial score (nSPS) is 14.6. The van der Waals surface area contributed by atoms with Gasteiger partial charge in [-0.1, -0.05) is 31.6 Å². The van der Waals surface area contributed by atoms with Crippen LogP contribution < -0.4 is 4.90 Å². The van der Waals surface area contributed by atoms with Crippen LogP contribution in [0.3, 0.4) is 0 Å². The first kappa shape index (κ1) is 15.4. The number of anilines is 1. The molecule has 0 fully saturated rings. The molecule has 1 aromatic heterocycles. The molecule has 0 bridgehead atoms. The fourth-order valence-corrected chi connectivity index (χ4v) is 3.09. The fraction of sp³-hybridized carbons (Fsp3) is 0.786. The van der Waals surface area contributed by atoms with Gasteiger partial charge in [-0.25, -0.2) is 4.98 Å². The minimum Gasteiger partial charge on any atom is -0.388 e. The van der Waals surface area contributed by atoms with E-state index in [4.69, 9.17) is 0 Å². The van der Waals surface area contributed by atoms with Crippen LogP contribution in [0.1, 0.15) is 63.6 Å². The van der Waals surface area contributed by atoms with Crippen molar-refractivity contribution in [1.82, 2.24) is 4.98 Å². The lowest BCUT2D eigenvalue weighted by Crippen LogP contribution is -2.33. The maximum absolute atomic E-state index is 9.72. The first-order valence-electron chi connectivity index (χ1n) is 6.93. The Hall–Kier alpha value is -0.610. The predicted octanol–water partition coefficient (Wildman–Crippen LogP) is 3.91. The van der Waals surface area contributed by atoms with E-state index in [2.05, 4.69) is 30.7 Å². The Morgan fingerprint density at radius 1 is 1.33 bits per heavy atom. The summed E-state index contributed by atoms with van der Waals surface area (Å²) >= 11 is 1.63. The first-order chi connectivity index (χ1) is 8.51. The van der Waals surface area contributed by atoms with Gasteiger partial charge in [-0.3, -0.25) is 0 Å². The standard InChI is InChI=1S/C14H26N2OS/c1-6-8-9-16(10(3)7-2)14-15-11(4)13(18-14)12(5)17/h10,12,17H,6-9H2,1-5H3. The van der Waals surface area contributed by atoms with E-state index in [1.807, 2.05) is 13.8 Å². The van der Waals surface area contributed by atoms with Crippen molar-refractivity contribution in [1.29, 1.82) is 0 Å². The van der Waals surface area contributed by atoms with E-state index in [1.54, 1.807) is 11.3 Å². The quantitative estimate of drug-likeness (QED) is 0.816. The summed E-state index contributed by atoms with van der Waals surface area (Å²) in [6.45, 7) is 11.5. The third-order valence-electron chi connectivity index (χ3n) is 3.32. The number of aryl methyl sites for hydroxylation is 1. The van der Waals surface area contributed by atoms with Gasteiger partial charge >= 0.3 is 0 Å². The van der Waals surface area contributed by atoms with Crippen LogP contribution in [-0.2, 0) is 0 Å². The topological polar surface area (TPSA) is 36.4 Å². The van der Waals surface area contributed by atoms with E-state index in [0.29, 0.717) is 6.04 Å². The number of nitrogens with zero attached hydrogens (tertiary/aromatic N) is 2. The fourth-order valence-electron chi connectivity index (χ4n) is 1.96. The lowest BCUT2D eigenvalue weighted by atomic mass is 10.2. The van der Waals surface area contributed by atoms with Gasteiger partial charge in [-0.05, 0) is 33.6 Å². The zero-order valence-corrected chi connectivity index (χ0v) is 13.0. The van der Waals surface area contributed by atoms with Crippen molar-refractivity contribution in [3.8, 4) is 0 Å². The minimum atomic E-state index is -0.416. The molecule has 0 aliphatic rings. The Bertz CT molecular complexity index is 363. The monoisotopic (exact) mass is 270 g/mol. The van der Waals surface area contributed by atoms with E-state index >= 15 is 0 Å². The highest BCUT2D eigenvalue weighted by molar-refractivity contribution is 7.15. The molecule has 3 nitrogen and oxygen atoms in total. The van der Waals surface area contributed by atoms with Crippen molar-refractivity contribution in [2.24, 2.45) is 0 Å². The summed E-state index contributed by atoms with van der Waals surface area (Å²) in [6.07, 6.45) is 3.08. The van der Waals surface area contributed by atoms with Crippen molar-refractivity contribution in [2.45, 2.75) is 66.0 Å². The van der Waals surface area contributed by atoms with Gasteiger partial charge in [0.2, 0.25) is 0 Å². The lowest BCUT2D eigenvalue weighted by molar-refractivity contribution is 0.202. The van der Waals surface area contributed by atoms with E-state index < -0.39 is 6.10 Å². The molecular weight excluding hydrogens is 244 g/mol. The summed E-state index contributed by atoms with van der Waals surface area (Å²) in [7, 11) is 0. The zero-order valence-electron chi connectivity index (χ0n) is 12.2. The van der Waals surface area contributed by atoms with E-state index in [9.17, 15) is 5.11 Å². The van der Waals surface area contributed by atoms with Gasteiger partial charge in [0.15, 0.2) is 5.13 Å². The molecule has 1 rings (SSSR count). The number of hydrogen-bond donors (Lipinski definition) is 1. The smallest absolute Gasteiger partial charge is 0.186 e. The number of hydrogen-bond acceptors (Lipinski definition) is 4. The SMILES string of the molecule is CCCCN(c1nc(C)c(C(C)O)s1)C(C)CC.